The summed E-state index contributed by atoms with van der Waals surface area (Å²) in [6.45, 7) is 4.04. The number of nitrogens with one attached hydrogen (secondary N) is 2. The summed E-state index contributed by atoms with van der Waals surface area (Å²) >= 11 is 6.14. The molecule has 1 spiro atoms. The molecule has 0 bridgehead atoms. The summed E-state index contributed by atoms with van der Waals surface area (Å²) in [5.74, 6) is 0.797. The van der Waals surface area contributed by atoms with Crippen LogP contribution in [-0.4, -0.2) is 41.4 Å². The molecule has 1 aliphatic carbocycles. The summed E-state index contributed by atoms with van der Waals surface area (Å²) in [7, 11) is 0. The third-order valence-electron chi connectivity index (χ3n) is 6.38. The normalized spacial score (nSPS) is 22.0. The van der Waals surface area contributed by atoms with Crippen molar-refractivity contribution in [3.05, 3.63) is 47.5 Å². The second-order valence-electron chi connectivity index (χ2n) is 8.63. The molecular formula is C25H28ClN3O5. The predicted molar refractivity (Wildman–Crippen MR) is 128 cm³/mol. The summed E-state index contributed by atoms with van der Waals surface area (Å²) in [4.78, 5) is 39.6. The molecule has 0 aromatic heterocycles. The number of carbonyl (C=O) groups excluding carboxylic acids is 3. The largest absolute Gasteiger partial charge is 0.494 e. The molecule has 8 nitrogen and oxygen atoms in total. The van der Waals surface area contributed by atoms with Crippen molar-refractivity contribution in [1.82, 2.24) is 10.2 Å². The van der Waals surface area contributed by atoms with Gasteiger partial charge in [0.25, 0.3) is 5.91 Å². The van der Waals surface area contributed by atoms with Gasteiger partial charge >= 0.3 is 6.03 Å². The molecule has 2 aliphatic rings. The van der Waals surface area contributed by atoms with Gasteiger partial charge in [-0.3, -0.25) is 14.5 Å². The summed E-state index contributed by atoms with van der Waals surface area (Å²) in [6.07, 6.45) is 3.34. The van der Waals surface area contributed by atoms with Crippen molar-refractivity contribution in [3.8, 4) is 17.2 Å². The second-order valence-corrected chi connectivity index (χ2v) is 9.07. The molecule has 2 unspecified atom stereocenters. The molecule has 2 aromatic carbocycles. The maximum absolute atomic E-state index is 13.1. The van der Waals surface area contributed by atoms with Crippen molar-refractivity contribution < 1.29 is 23.9 Å². The van der Waals surface area contributed by atoms with Gasteiger partial charge in [-0.15, -0.1) is 0 Å². The number of halogens is 1. The predicted octanol–water partition coefficient (Wildman–Crippen LogP) is 4.97. The highest BCUT2D eigenvalue weighted by molar-refractivity contribution is 6.31. The van der Waals surface area contributed by atoms with Gasteiger partial charge in [-0.05, 0) is 68.1 Å². The summed E-state index contributed by atoms with van der Waals surface area (Å²) in [5, 5.41) is 5.99. The summed E-state index contributed by atoms with van der Waals surface area (Å²) in [6, 6.07) is 11.4. The van der Waals surface area contributed by atoms with Crippen LogP contribution in [0.1, 0.15) is 39.5 Å². The van der Waals surface area contributed by atoms with E-state index < -0.39 is 24.0 Å². The van der Waals surface area contributed by atoms with Gasteiger partial charge < -0.3 is 20.1 Å². The number of ether oxygens (including phenoxy) is 2. The first-order valence-corrected chi connectivity index (χ1v) is 11.8. The highest BCUT2D eigenvalue weighted by Crippen LogP contribution is 2.38. The maximum Gasteiger partial charge on any atom is 0.325 e. The lowest BCUT2D eigenvalue weighted by Crippen LogP contribution is -2.54. The minimum absolute atomic E-state index is 0.0211. The van der Waals surface area contributed by atoms with Crippen LogP contribution in [0.4, 0.5) is 10.5 Å². The second kappa shape index (κ2) is 9.93. The Kier molecular flexibility index (Phi) is 6.97. The van der Waals surface area contributed by atoms with Crippen LogP contribution in [-0.2, 0) is 9.59 Å². The first-order valence-electron chi connectivity index (χ1n) is 11.5. The Morgan fingerprint density at radius 1 is 1.18 bits per heavy atom. The highest BCUT2D eigenvalue weighted by atomic mass is 35.5. The third kappa shape index (κ3) is 4.82. The van der Waals surface area contributed by atoms with Gasteiger partial charge in [0.05, 0.1) is 12.3 Å². The quantitative estimate of drug-likeness (QED) is 0.539. The van der Waals surface area contributed by atoms with E-state index in [4.69, 9.17) is 21.1 Å². The SMILES string of the molecule is CCOc1ccc(Oc2ccc(Cl)cc2NC(=O)CN2C(=O)NC3(CCCCC3C)C2=O)cc1. The van der Waals surface area contributed by atoms with Gasteiger partial charge in [-0.25, -0.2) is 4.79 Å². The molecule has 1 aliphatic heterocycles. The number of amides is 4. The highest BCUT2D eigenvalue weighted by Gasteiger charge is 2.55. The fraction of sp³-hybridized carbons (Fsp3) is 0.400. The van der Waals surface area contributed by atoms with E-state index in [0.717, 1.165) is 29.9 Å². The molecule has 180 valence electrons. The Bertz CT molecular complexity index is 1090. The fourth-order valence-electron chi connectivity index (χ4n) is 4.56. The van der Waals surface area contributed by atoms with Gasteiger partial charge in [0.2, 0.25) is 5.91 Å². The van der Waals surface area contributed by atoms with Crippen LogP contribution < -0.4 is 20.1 Å². The van der Waals surface area contributed by atoms with Crippen LogP contribution in [0.3, 0.4) is 0 Å². The Balaban J connectivity index is 1.46. The van der Waals surface area contributed by atoms with Crippen LogP contribution in [0.2, 0.25) is 5.02 Å². The number of hydrogen-bond donors (Lipinski definition) is 2. The average molecular weight is 486 g/mol. The van der Waals surface area contributed by atoms with Crippen LogP contribution in [0.25, 0.3) is 0 Å². The van der Waals surface area contributed by atoms with Crippen molar-refractivity contribution in [2.75, 3.05) is 18.5 Å². The summed E-state index contributed by atoms with van der Waals surface area (Å²) < 4.78 is 11.4. The zero-order valence-electron chi connectivity index (χ0n) is 19.2. The van der Waals surface area contributed by atoms with Crippen molar-refractivity contribution in [1.29, 1.82) is 0 Å². The molecule has 2 atom stereocenters. The minimum atomic E-state index is -0.909. The number of carbonyl (C=O) groups is 3. The zero-order valence-corrected chi connectivity index (χ0v) is 20.0. The van der Waals surface area contributed by atoms with Gasteiger partial charge in [0.15, 0.2) is 5.75 Å². The Morgan fingerprint density at radius 2 is 1.91 bits per heavy atom. The van der Waals surface area contributed by atoms with E-state index >= 15 is 0 Å². The zero-order chi connectivity index (χ0) is 24.3. The van der Waals surface area contributed by atoms with Crippen LogP contribution in [0.5, 0.6) is 17.2 Å². The van der Waals surface area contributed by atoms with Gasteiger partial charge in [0, 0.05) is 5.02 Å². The Labute approximate surface area is 203 Å². The van der Waals surface area contributed by atoms with Gasteiger partial charge in [0.1, 0.15) is 23.6 Å². The van der Waals surface area contributed by atoms with Crippen molar-refractivity contribution in [2.24, 2.45) is 5.92 Å². The number of nitrogens with zero attached hydrogens (tertiary/aromatic N) is 1. The number of urea groups is 1. The lowest BCUT2D eigenvalue weighted by atomic mass is 9.73. The number of anilines is 1. The van der Waals surface area contributed by atoms with E-state index in [-0.39, 0.29) is 11.8 Å². The van der Waals surface area contributed by atoms with Crippen LogP contribution >= 0.6 is 11.6 Å². The molecule has 2 N–H and O–H groups in total. The molecule has 2 fully saturated rings. The Morgan fingerprint density at radius 3 is 2.62 bits per heavy atom. The molecular weight excluding hydrogens is 458 g/mol. The number of rotatable bonds is 7. The molecule has 4 rings (SSSR count). The smallest absolute Gasteiger partial charge is 0.325 e. The van der Waals surface area contributed by atoms with E-state index in [1.807, 2.05) is 13.8 Å². The molecule has 1 saturated heterocycles. The topological polar surface area (TPSA) is 97.0 Å². The first-order chi connectivity index (χ1) is 16.3. The van der Waals surface area contributed by atoms with Crippen molar-refractivity contribution >= 4 is 35.1 Å². The minimum Gasteiger partial charge on any atom is -0.494 e. The number of hydrogen-bond acceptors (Lipinski definition) is 5. The van der Waals surface area contributed by atoms with Crippen molar-refractivity contribution in [2.45, 2.75) is 45.1 Å². The van der Waals surface area contributed by atoms with E-state index in [1.54, 1.807) is 42.5 Å². The molecule has 4 amide bonds. The average Bonchev–Trinajstić information content (AvgIpc) is 3.04. The number of imide groups is 1. The van der Waals surface area contributed by atoms with Gasteiger partial charge in [-0.1, -0.05) is 31.4 Å². The molecule has 1 saturated carbocycles. The molecule has 0 radical (unpaired) electrons. The van der Waals surface area contributed by atoms with Crippen LogP contribution in [0.15, 0.2) is 42.5 Å². The van der Waals surface area contributed by atoms with Crippen molar-refractivity contribution in [3.63, 3.8) is 0 Å². The van der Waals surface area contributed by atoms with E-state index in [2.05, 4.69) is 10.6 Å². The monoisotopic (exact) mass is 485 g/mol. The standard InChI is InChI=1S/C25H28ClN3O5/c1-3-33-18-8-10-19(11-9-18)34-21-12-7-17(26)14-20(21)27-22(30)15-29-23(31)25(28-24(29)32)13-5-4-6-16(25)2/h7-12,14,16H,3-6,13,15H2,1-2H3,(H,27,30)(H,28,32). The lowest BCUT2D eigenvalue weighted by Gasteiger charge is -2.36. The lowest BCUT2D eigenvalue weighted by molar-refractivity contribution is -0.136. The molecule has 2 aromatic rings. The molecule has 1 heterocycles. The fourth-order valence-corrected chi connectivity index (χ4v) is 4.73. The number of benzene rings is 2. The van der Waals surface area contributed by atoms with E-state index in [0.29, 0.717) is 35.2 Å². The first kappa shape index (κ1) is 23.9. The van der Waals surface area contributed by atoms with E-state index in [9.17, 15) is 14.4 Å². The molecule has 9 heteroatoms. The van der Waals surface area contributed by atoms with Crippen LogP contribution in [0, 0.1) is 5.92 Å². The van der Waals surface area contributed by atoms with Gasteiger partial charge in [-0.2, -0.15) is 0 Å². The Hall–Kier alpha value is -3.26. The molecule has 34 heavy (non-hydrogen) atoms. The van der Waals surface area contributed by atoms with E-state index in [1.165, 1.54) is 0 Å². The maximum atomic E-state index is 13.1. The summed E-state index contributed by atoms with van der Waals surface area (Å²) in [5.41, 5.74) is -0.577. The third-order valence-corrected chi connectivity index (χ3v) is 6.62.